The summed E-state index contributed by atoms with van der Waals surface area (Å²) in [7, 11) is 0. The maximum Gasteiger partial charge on any atom is 0.0623 e. The van der Waals surface area contributed by atoms with Gasteiger partial charge in [-0.25, -0.2) is 0 Å². The first kappa shape index (κ1) is 13.4. The van der Waals surface area contributed by atoms with Gasteiger partial charge >= 0.3 is 0 Å². The molecule has 1 heterocycles. The molecule has 2 aromatic rings. The van der Waals surface area contributed by atoms with E-state index in [2.05, 4.69) is 4.98 Å². The van der Waals surface area contributed by atoms with Crippen LogP contribution in [0.3, 0.4) is 0 Å². The summed E-state index contributed by atoms with van der Waals surface area (Å²) < 4.78 is 0. The van der Waals surface area contributed by atoms with E-state index in [1.54, 1.807) is 12.3 Å². The number of hydrogen-bond donors (Lipinski definition) is 0. The molecule has 82 valence electrons. The lowest BCUT2D eigenvalue weighted by Gasteiger charge is -2.06. The van der Waals surface area contributed by atoms with Gasteiger partial charge in [-0.3, -0.25) is 4.98 Å². The average Bonchev–Trinajstić information content (AvgIpc) is 2.35. The molecule has 0 spiro atoms. The van der Waals surface area contributed by atoms with E-state index < -0.39 is 0 Å². The predicted octanol–water partition coefficient (Wildman–Crippen LogP) is 3.36. The molecule has 0 unspecified atom stereocenters. The summed E-state index contributed by atoms with van der Waals surface area (Å²) in [6, 6.07) is 8.84. The minimum absolute atomic E-state index is 0.0110. The number of rotatable bonds is 0. The SMILES string of the molecule is CC.CC.[O-]c1cccc2cccnc12. The third-order valence-corrected chi connectivity index (χ3v) is 1.60. The lowest BCUT2D eigenvalue weighted by molar-refractivity contribution is -0.266. The Morgan fingerprint density at radius 3 is 2.13 bits per heavy atom. The van der Waals surface area contributed by atoms with Gasteiger partial charge in [0.2, 0.25) is 0 Å². The van der Waals surface area contributed by atoms with Gasteiger partial charge in [0, 0.05) is 6.20 Å². The molecule has 0 aliphatic carbocycles. The second kappa shape index (κ2) is 7.80. The van der Waals surface area contributed by atoms with Crippen LogP contribution in [0.2, 0.25) is 0 Å². The van der Waals surface area contributed by atoms with Gasteiger partial charge in [0.25, 0.3) is 0 Å². The maximum atomic E-state index is 11.1. The minimum atomic E-state index is -0.0110. The van der Waals surface area contributed by atoms with Crippen molar-refractivity contribution in [3.63, 3.8) is 0 Å². The summed E-state index contributed by atoms with van der Waals surface area (Å²) in [5.74, 6) is -0.0110. The van der Waals surface area contributed by atoms with E-state index in [-0.39, 0.29) is 5.75 Å². The van der Waals surface area contributed by atoms with Crippen LogP contribution in [0.4, 0.5) is 0 Å². The topological polar surface area (TPSA) is 36.0 Å². The fourth-order valence-corrected chi connectivity index (χ4v) is 1.08. The molecule has 2 heteroatoms. The molecule has 1 aromatic carbocycles. The summed E-state index contributed by atoms with van der Waals surface area (Å²) in [6.45, 7) is 8.00. The van der Waals surface area contributed by atoms with Crippen molar-refractivity contribution < 1.29 is 5.11 Å². The van der Waals surface area contributed by atoms with Gasteiger partial charge in [-0.2, -0.15) is 0 Å². The lowest BCUT2D eigenvalue weighted by Crippen LogP contribution is -1.91. The molecule has 1 aromatic heterocycles. The second-order valence-corrected chi connectivity index (χ2v) is 2.33. The number of hydrogen-bond acceptors (Lipinski definition) is 2. The van der Waals surface area contributed by atoms with Crippen LogP contribution >= 0.6 is 0 Å². The predicted molar refractivity (Wildman–Crippen MR) is 63.9 cm³/mol. The number of nitrogens with zero attached hydrogens (tertiary/aromatic N) is 1. The normalized spacial score (nSPS) is 8.27. The highest BCUT2D eigenvalue weighted by molar-refractivity contribution is 5.83. The third-order valence-electron chi connectivity index (χ3n) is 1.60. The van der Waals surface area contributed by atoms with Crippen LogP contribution in [0, 0.1) is 0 Å². The molecule has 0 aliphatic heterocycles. The van der Waals surface area contributed by atoms with Gasteiger partial charge < -0.3 is 5.11 Å². The molecule has 15 heavy (non-hydrogen) atoms. The van der Waals surface area contributed by atoms with Gasteiger partial charge in [-0.15, -0.1) is 0 Å². The van der Waals surface area contributed by atoms with E-state index in [4.69, 9.17) is 0 Å². The van der Waals surface area contributed by atoms with Crippen LogP contribution in [-0.4, -0.2) is 4.98 Å². The van der Waals surface area contributed by atoms with Crippen LogP contribution in [0.25, 0.3) is 10.9 Å². The van der Waals surface area contributed by atoms with Crippen molar-refractivity contribution >= 4 is 10.9 Å². The molecular weight excluding hydrogens is 186 g/mol. The Morgan fingerprint density at radius 1 is 0.933 bits per heavy atom. The Bertz CT molecular complexity index is 380. The largest absolute Gasteiger partial charge is 0.871 e. The Labute approximate surface area is 91.6 Å². The number of aromatic nitrogens is 1. The van der Waals surface area contributed by atoms with Crippen molar-refractivity contribution in [3.05, 3.63) is 36.5 Å². The van der Waals surface area contributed by atoms with Crippen LogP contribution in [0.15, 0.2) is 36.5 Å². The fraction of sp³-hybridized carbons (Fsp3) is 0.308. The summed E-state index contributed by atoms with van der Waals surface area (Å²) >= 11 is 0. The molecule has 0 amide bonds. The van der Waals surface area contributed by atoms with Crippen LogP contribution in [-0.2, 0) is 0 Å². The molecule has 2 nitrogen and oxygen atoms in total. The zero-order chi connectivity index (χ0) is 11.7. The first-order valence-electron chi connectivity index (χ1n) is 5.39. The van der Waals surface area contributed by atoms with Crippen molar-refractivity contribution in [1.82, 2.24) is 4.98 Å². The van der Waals surface area contributed by atoms with E-state index in [0.717, 1.165) is 5.39 Å². The first-order chi connectivity index (χ1) is 7.38. The Morgan fingerprint density at radius 2 is 1.53 bits per heavy atom. The molecule has 0 atom stereocenters. The average molecular weight is 204 g/mol. The van der Waals surface area contributed by atoms with Gasteiger partial charge in [0.1, 0.15) is 0 Å². The summed E-state index contributed by atoms with van der Waals surface area (Å²) in [5.41, 5.74) is 0.551. The molecule has 0 aliphatic rings. The highest BCUT2D eigenvalue weighted by Gasteiger charge is 1.90. The monoisotopic (exact) mass is 204 g/mol. The van der Waals surface area contributed by atoms with Gasteiger partial charge in [-0.05, 0) is 11.5 Å². The van der Waals surface area contributed by atoms with Crippen molar-refractivity contribution in [2.75, 3.05) is 0 Å². The standard InChI is InChI=1S/C9H7NO.2C2H6/c11-8-5-1-3-7-4-2-6-10-9(7)8;2*1-2/h1-6,11H;2*1-2H3/p-1. The Kier molecular flexibility index (Phi) is 6.98. The van der Waals surface area contributed by atoms with Crippen molar-refractivity contribution in [1.29, 1.82) is 0 Å². The van der Waals surface area contributed by atoms with Gasteiger partial charge in [0.15, 0.2) is 0 Å². The molecule has 0 bridgehead atoms. The van der Waals surface area contributed by atoms with Crippen LogP contribution in [0.5, 0.6) is 5.75 Å². The lowest BCUT2D eigenvalue weighted by atomic mass is 10.2. The fourth-order valence-electron chi connectivity index (χ4n) is 1.08. The molecule has 0 radical (unpaired) electrons. The highest BCUT2D eigenvalue weighted by atomic mass is 16.3. The number of para-hydroxylation sites is 1. The van der Waals surface area contributed by atoms with Gasteiger partial charge in [0.05, 0.1) is 5.52 Å². The number of pyridine rings is 1. The smallest absolute Gasteiger partial charge is 0.0623 e. The number of fused-ring (bicyclic) bond motifs is 1. The minimum Gasteiger partial charge on any atom is -0.871 e. The molecule has 0 N–H and O–H groups in total. The van der Waals surface area contributed by atoms with Crippen molar-refractivity contribution in [2.45, 2.75) is 27.7 Å². The van der Waals surface area contributed by atoms with Gasteiger partial charge in [-0.1, -0.05) is 57.7 Å². The summed E-state index contributed by atoms with van der Waals surface area (Å²) in [4.78, 5) is 3.97. The Balaban J connectivity index is 0.000000442. The molecular formula is C13H18NO-. The molecule has 0 saturated carbocycles. The van der Waals surface area contributed by atoms with E-state index in [9.17, 15) is 5.11 Å². The zero-order valence-electron chi connectivity index (χ0n) is 9.82. The second-order valence-electron chi connectivity index (χ2n) is 2.33. The number of benzene rings is 1. The summed E-state index contributed by atoms with van der Waals surface area (Å²) in [5, 5.41) is 12.0. The maximum absolute atomic E-state index is 11.1. The molecule has 0 fully saturated rings. The van der Waals surface area contributed by atoms with E-state index >= 15 is 0 Å². The Hall–Kier alpha value is -1.57. The van der Waals surface area contributed by atoms with Crippen LogP contribution in [0.1, 0.15) is 27.7 Å². The van der Waals surface area contributed by atoms with Crippen LogP contribution < -0.4 is 5.11 Å². The highest BCUT2D eigenvalue weighted by Crippen LogP contribution is 2.17. The zero-order valence-corrected chi connectivity index (χ0v) is 9.82. The van der Waals surface area contributed by atoms with E-state index in [1.807, 2.05) is 45.9 Å². The first-order valence-corrected chi connectivity index (χ1v) is 5.39. The van der Waals surface area contributed by atoms with E-state index in [1.165, 1.54) is 6.07 Å². The molecule has 0 saturated heterocycles. The van der Waals surface area contributed by atoms with E-state index in [0.29, 0.717) is 5.52 Å². The summed E-state index contributed by atoms with van der Waals surface area (Å²) in [6.07, 6.45) is 1.63. The van der Waals surface area contributed by atoms with Crippen molar-refractivity contribution in [2.24, 2.45) is 0 Å². The molecule has 2 rings (SSSR count). The van der Waals surface area contributed by atoms with Crippen molar-refractivity contribution in [3.8, 4) is 5.75 Å². The third kappa shape index (κ3) is 3.58. The quantitative estimate of drug-likeness (QED) is 0.659.